The van der Waals surface area contributed by atoms with Crippen molar-refractivity contribution in [2.24, 2.45) is 0 Å². The average Bonchev–Trinajstić information content (AvgIpc) is 3.90. The molecule has 324 valence electrons. The van der Waals surface area contributed by atoms with Gasteiger partial charge in [0, 0.05) is 55.7 Å². The number of rotatable bonds is 5. The second kappa shape index (κ2) is 16.3. The van der Waals surface area contributed by atoms with Crippen LogP contribution in [0.5, 0.6) is 0 Å². The molecule has 0 saturated carbocycles. The van der Waals surface area contributed by atoms with Crippen molar-refractivity contribution in [2.45, 2.75) is 19.0 Å². The molecule has 0 unspecified atom stereocenters. The Morgan fingerprint density at radius 3 is 2.10 bits per heavy atom. The fraction of sp³-hybridized carbons (Fsp3) is 0.0500. The molecule has 0 saturated heterocycles. The van der Waals surface area contributed by atoms with E-state index in [1.807, 2.05) is 109 Å². The molecule has 6 aromatic carbocycles. The van der Waals surface area contributed by atoms with E-state index in [2.05, 4.69) is 82.0 Å². The van der Waals surface area contributed by atoms with Crippen LogP contribution in [0.4, 0.5) is 13.2 Å². The van der Waals surface area contributed by atoms with Crippen molar-refractivity contribution < 1.29 is 13.2 Å². The fourth-order valence-electron chi connectivity index (χ4n) is 10.1. The molecule has 12 rings (SSSR count). The third-order valence-electron chi connectivity index (χ3n) is 13.2. The highest BCUT2D eigenvalue weighted by molar-refractivity contribution is 6.11. The van der Waals surface area contributed by atoms with E-state index in [1.54, 1.807) is 12.3 Å². The molecule has 10 aromatic rings. The number of para-hydroxylation sites is 2. The lowest BCUT2D eigenvalue weighted by Gasteiger charge is -2.19. The van der Waals surface area contributed by atoms with Gasteiger partial charge in [-0.1, -0.05) is 127 Å². The van der Waals surface area contributed by atoms with Crippen molar-refractivity contribution in [1.82, 2.24) is 19.1 Å². The Kier molecular flexibility index (Phi) is 9.73. The lowest BCUT2D eigenvalue weighted by Crippen LogP contribution is -2.35. The first-order chi connectivity index (χ1) is 33.3. The number of aromatic nitrogens is 4. The first-order valence-electron chi connectivity index (χ1n) is 22.5. The van der Waals surface area contributed by atoms with Gasteiger partial charge in [-0.25, -0.2) is 0 Å². The van der Waals surface area contributed by atoms with Gasteiger partial charge in [-0.2, -0.15) is 18.4 Å². The summed E-state index contributed by atoms with van der Waals surface area (Å²) >= 11 is 0. The van der Waals surface area contributed by atoms with E-state index < -0.39 is 11.7 Å². The van der Waals surface area contributed by atoms with E-state index in [9.17, 15) is 18.4 Å². The van der Waals surface area contributed by atoms with Crippen LogP contribution >= 0.6 is 0 Å². The summed E-state index contributed by atoms with van der Waals surface area (Å²) in [6.07, 6.45) is 13.2. The highest BCUT2D eigenvalue weighted by Crippen LogP contribution is 2.42. The minimum Gasteiger partial charge on any atom is -0.309 e. The molecule has 0 amide bonds. The molecule has 0 aliphatic heterocycles. The van der Waals surface area contributed by atoms with E-state index in [1.165, 1.54) is 12.1 Å². The number of nitrogens with zero attached hydrogens (tertiary/aromatic N) is 5. The summed E-state index contributed by atoms with van der Waals surface area (Å²) in [5, 5.41) is 18.0. The SMILES string of the molecule is N#Cc1cc(-n2c3ccccc3c3cc(-c4cccnc4-c4ccccc4)ccc32)c(-c2cccc(C(F)(F)F)c2)cc1-n1c2c(c3ccccc31)=CC(=c1cccnc1=C1C=CC=CC1)CC=2. The largest absolute Gasteiger partial charge is 0.416 e. The van der Waals surface area contributed by atoms with Crippen LogP contribution in [0.15, 0.2) is 194 Å². The van der Waals surface area contributed by atoms with Crippen LogP contribution in [-0.4, -0.2) is 19.1 Å². The summed E-state index contributed by atoms with van der Waals surface area (Å²) < 4.78 is 47.9. The van der Waals surface area contributed by atoms with Gasteiger partial charge in [-0.3, -0.25) is 9.97 Å². The maximum Gasteiger partial charge on any atom is 0.416 e. The molecule has 0 N–H and O–H groups in total. The van der Waals surface area contributed by atoms with Crippen LogP contribution in [0.1, 0.15) is 24.0 Å². The van der Waals surface area contributed by atoms with Gasteiger partial charge in [0.05, 0.1) is 55.4 Å². The molecule has 0 atom stereocenters. The fourth-order valence-corrected chi connectivity index (χ4v) is 10.1. The van der Waals surface area contributed by atoms with E-state index in [4.69, 9.17) is 9.97 Å². The Morgan fingerprint density at radius 1 is 0.559 bits per heavy atom. The van der Waals surface area contributed by atoms with E-state index >= 15 is 0 Å². The molecule has 0 radical (unpaired) electrons. The Hall–Kier alpha value is -8.80. The molecular weight excluding hydrogens is 848 g/mol. The Labute approximate surface area is 388 Å². The van der Waals surface area contributed by atoms with Gasteiger partial charge in [0.25, 0.3) is 0 Å². The van der Waals surface area contributed by atoms with Gasteiger partial charge in [0.2, 0.25) is 0 Å². The minimum absolute atomic E-state index is 0.371. The number of pyridine rings is 2. The van der Waals surface area contributed by atoms with Crippen LogP contribution < -0.4 is 21.1 Å². The third kappa shape index (κ3) is 6.78. The average molecular weight is 886 g/mol. The molecule has 5 nitrogen and oxygen atoms in total. The molecule has 4 aromatic heterocycles. The van der Waals surface area contributed by atoms with Crippen LogP contribution in [0.3, 0.4) is 0 Å². The van der Waals surface area contributed by atoms with Crippen molar-refractivity contribution in [3.8, 4) is 51.0 Å². The summed E-state index contributed by atoms with van der Waals surface area (Å²) in [6.45, 7) is 0. The third-order valence-corrected chi connectivity index (χ3v) is 13.2. The zero-order valence-electron chi connectivity index (χ0n) is 36.4. The van der Waals surface area contributed by atoms with Crippen molar-refractivity contribution >= 4 is 56.0 Å². The van der Waals surface area contributed by atoms with Gasteiger partial charge >= 0.3 is 6.18 Å². The summed E-state index contributed by atoms with van der Waals surface area (Å²) in [4.78, 5) is 9.63. The van der Waals surface area contributed by atoms with Crippen LogP contribution in [0, 0.1) is 11.3 Å². The lowest BCUT2D eigenvalue weighted by molar-refractivity contribution is -0.137. The zero-order chi connectivity index (χ0) is 45.9. The smallest absolute Gasteiger partial charge is 0.309 e. The maximum absolute atomic E-state index is 14.6. The van der Waals surface area contributed by atoms with Gasteiger partial charge in [-0.15, -0.1) is 0 Å². The van der Waals surface area contributed by atoms with E-state index in [0.717, 1.165) is 99.9 Å². The topological polar surface area (TPSA) is 59.4 Å². The second-order valence-electron chi connectivity index (χ2n) is 17.1. The number of nitriles is 1. The van der Waals surface area contributed by atoms with Crippen LogP contribution in [0.25, 0.3) is 101 Å². The first-order valence-corrected chi connectivity index (χ1v) is 22.5. The molecule has 0 fully saturated rings. The predicted octanol–water partition coefficient (Wildman–Crippen LogP) is 11.9. The Bertz CT molecular complexity index is 4090. The molecule has 0 spiro atoms. The number of alkyl halides is 3. The van der Waals surface area contributed by atoms with E-state index in [-0.39, 0.29) is 0 Å². The normalized spacial score (nSPS) is 15.0. The standard InChI is InChI=1S/C60H38F3N5/c61-60(62,63)44-19-11-18-40(32-44)49-36-56(67-52-24-9-7-20-47(52)50-33-41(26-28-54(50)67)45-22-12-30-65-58(45)38-14-3-1-4-15-38)43(37-64)35-57(49)68-53-25-10-8-21-48(53)51-34-42(27-29-55(51)68)46-23-13-31-66-59(46)39-16-5-2-6-17-39/h1-14,16-25,27-36H,15,26H2. The minimum atomic E-state index is -4.58. The maximum atomic E-state index is 14.6. The summed E-state index contributed by atoms with van der Waals surface area (Å²) in [5.41, 5.74) is 10.3. The molecule has 8 heteroatoms. The number of hydrogen-bond acceptors (Lipinski definition) is 3. The highest BCUT2D eigenvalue weighted by Gasteiger charge is 2.31. The second-order valence-corrected chi connectivity index (χ2v) is 17.1. The predicted molar refractivity (Wildman–Crippen MR) is 267 cm³/mol. The summed E-state index contributed by atoms with van der Waals surface area (Å²) in [6, 6.07) is 52.3. The molecular formula is C60H38F3N5. The van der Waals surface area contributed by atoms with Crippen LogP contribution in [-0.2, 0) is 6.18 Å². The summed E-state index contributed by atoms with van der Waals surface area (Å²) in [7, 11) is 0. The molecule has 2 aliphatic carbocycles. The van der Waals surface area contributed by atoms with Gasteiger partial charge < -0.3 is 9.13 Å². The van der Waals surface area contributed by atoms with Gasteiger partial charge in [-0.05, 0) is 102 Å². The Morgan fingerprint density at radius 2 is 1.29 bits per heavy atom. The number of benzene rings is 6. The number of fused-ring (bicyclic) bond motifs is 6. The monoisotopic (exact) mass is 885 g/mol. The van der Waals surface area contributed by atoms with Crippen LogP contribution in [0.2, 0.25) is 0 Å². The van der Waals surface area contributed by atoms with Crippen molar-refractivity contribution in [3.63, 3.8) is 0 Å². The Balaban J connectivity index is 1.12. The van der Waals surface area contributed by atoms with Crippen molar-refractivity contribution in [1.29, 1.82) is 5.26 Å². The quantitative estimate of drug-likeness (QED) is 0.173. The molecule has 68 heavy (non-hydrogen) atoms. The zero-order valence-corrected chi connectivity index (χ0v) is 36.4. The van der Waals surface area contributed by atoms with Gasteiger partial charge in [0.1, 0.15) is 6.07 Å². The number of hydrogen-bond donors (Lipinski definition) is 0. The van der Waals surface area contributed by atoms with E-state index in [0.29, 0.717) is 34.5 Å². The number of halogens is 3. The molecule has 0 bridgehead atoms. The number of allylic oxidation sites excluding steroid dienone is 4. The lowest BCUT2D eigenvalue weighted by atomic mass is 9.97. The van der Waals surface area contributed by atoms with Crippen molar-refractivity contribution in [2.75, 3.05) is 0 Å². The first kappa shape index (κ1) is 40.7. The van der Waals surface area contributed by atoms with Crippen molar-refractivity contribution in [3.05, 3.63) is 227 Å². The van der Waals surface area contributed by atoms with Gasteiger partial charge in [0.15, 0.2) is 0 Å². The summed E-state index contributed by atoms with van der Waals surface area (Å²) in [5.74, 6) is 0. The highest BCUT2D eigenvalue weighted by atomic mass is 19.4. The molecule has 2 aliphatic rings. The molecule has 4 heterocycles.